The van der Waals surface area contributed by atoms with Crippen molar-refractivity contribution in [2.24, 2.45) is 0 Å². The zero-order chi connectivity index (χ0) is 12.4. The molecule has 1 heterocycles. The first-order chi connectivity index (χ1) is 8.22. The fourth-order valence-electron chi connectivity index (χ4n) is 1.79. The molecule has 1 amide bonds. The van der Waals surface area contributed by atoms with Crippen molar-refractivity contribution in [1.29, 1.82) is 0 Å². The van der Waals surface area contributed by atoms with Gasteiger partial charge in [0.1, 0.15) is 5.56 Å². The van der Waals surface area contributed by atoms with Gasteiger partial charge in [0.15, 0.2) is 11.5 Å². The molecule has 17 heavy (non-hydrogen) atoms. The van der Waals surface area contributed by atoms with Gasteiger partial charge in [-0.1, -0.05) is 0 Å². The van der Waals surface area contributed by atoms with E-state index in [0.717, 1.165) is 0 Å². The summed E-state index contributed by atoms with van der Waals surface area (Å²) in [5.74, 6) is 0.204. The molecule has 1 aliphatic heterocycles. The molecule has 0 radical (unpaired) electrons. The van der Waals surface area contributed by atoms with E-state index in [1.54, 1.807) is 12.1 Å². The average molecular weight is 237 g/mol. The summed E-state index contributed by atoms with van der Waals surface area (Å²) in [5.41, 5.74) is 0.839. The molecule has 90 valence electrons. The highest BCUT2D eigenvalue weighted by molar-refractivity contribution is 5.98. The van der Waals surface area contributed by atoms with Gasteiger partial charge in [0, 0.05) is 5.56 Å². The van der Waals surface area contributed by atoms with E-state index in [2.05, 4.69) is 5.32 Å². The molecule has 1 aromatic rings. The maximum atomic E-state index is 11.7. The van der Waals surface area contributed by atoms with Crippen molar-refractivity contribution in [2.45, 2.75) is 6.23 Å². The average Bonchev–Trinajstić information content (AvgIpc) is 2.66. The van der Waals surface area contributed by atoms with Crippen molar-refractivity contribution in [1.82, 2.24) is 5.32 Å². The first-order valence-electron chi connectivity index (χ1n) is 4.88. The van der Waals surface area contributed by atoms with Crippen molar-refractivity contribution < 1.29 is 23.8 Å². The van der Waals surface area contributed by atoms with Crippen LogP contribution in [-0.4, -0.2) is 26.6 Å². The summed E-state index contributed by atoms with van der Waals surface area (Å²) < 4.78 is 15.2. The van der Waals surface area contributed by atoms with Crippen molar-refractivity contribution in [3.63, 3.8) is 0 Å². The van der Waals surface area contributed by atoms with Gasteiger partial charge in [0.25, 0.3) is 0 Å². The Balaban J connectivity index is 2.55. The van der Waals surface area contributed by atoms with Gasteiger partial charge >= 0.3 is 5.97 Å². The van der Waals surface area contributed by atoms with Crippen molar-refractivity contribution in [3.8, 4) is 11.5 Å². The summed E-state index contributed by atoms with van der Waals surface area (Å²) >= 11 is 0. The minimum atomic E-state index is -0.769. The number of nitrogens with one attached hydrogen (secondary N) is 1. The number of esters is 1. The maximum Gasteiger partial charge on any atom is 0.344 e. The normalized spacial score (nSPS) is 17.1. The van der Waals surface area contributed by atoms with Crippen LogP contribution in [0.4, 0.5) is 0 Å². The van der Waals surface area contributed by atoms with Gasteiger partial charge in [0.05, 0.1) is 14.2 Å². The lowest BCUT2D eigenvalue weighted by Crippen LogP contribution is -2.18. The Kier molecular flexibility index (Phi) is 2.86. The molecule has 6 nitrogen and oxygen atoms in total. The lowest BCUT2D eigenvalue weighted by Gasteiger charge is -2.11. The molecule has 1 N–H and O–H groups in total. The first kappa shape index (κ1) is 11.3. The van der Waals surface area contributed by atoms with E-state index in [9.17, 15) is 9.59 Å². The quantitative estimate of drug-likeness (QED) is 0.613. The van der Waals surface area contributed by atoms with E-state index in [1.807, 2.05) is 0 Å². The van der Waals surface area contributed by atoms with Crippen molar-refractivity contribution >= 4 is 12.4 Å². The van der Waals surface area contributed by atoms with Gasteiger partial charge in [-0.05, 0) is 12.1 Å². The van der Waals surface area contributed by atoms with Gasteiger partial charge in [-0.15, -0.1) is 0 Å². The fraction of sp³-hybridized carbons (Fsp3) is 0.273. The van der Waals surface area contributed by atoms with Crippen LogP contribution in [0.25, 0.3) is 0 Å². The van der Waals surface area contributed by atoms with Gasteiger partial charge < -0.3 is 19.5 Å². The molecule has 0 spiro atoms. The molecular formula is C11H11NO5. The molecule has 0 fully saturated rings. The molecule has 0 aliphatic carbocycles. The third-order valence-corrected chi connectivity index (χ3v) is 2.51. The van der Waals surface area contributed by atoms with Crippen molar-refractivity contribution in [3.05, 3.63) is 23.3 Å². The molecule has 1 unspecified atom stereocenters. The molecular weight excluding hydrogens is 226 g/mol. The summed E-state index contributed by atoms with van der Waals surface area (Å²) in [6.45, 7) is 0. The number of ether oxygens (including phenoxy) is 3. The Morgan fingerprint density at radius 3 is 2.71 bits per heavy atom. The van der Waals surface area contributed by atoms with Crippen molar-refractivity contribution in [2.75, 3.05) is 14.2 Å². The summed E-state index contributed by atoms with van der Waals surface area (Å²) in [6, 6.07) is 3.31. The number of methoxy groups -OCH3 is 2. The van der Waals surface area contributed by atoms with Crippen LogP contribution in [0.2, 0.25) is 0 Å². The predicted molar refractivity (Wildman–Crippen MR) is 56.9 cm³/mol. The zero-order valence-corrected chi connectivity index (χ0v) is 9.35. The number of carbonyl (C=O) groups is 2. The highest BCUT2D eigenvalue weighted by Gasteiger charge is 2.35. The van der Waals surface area contributed by atoms with E-state index >= 15 is 0 Å². The maximum absolute atomic E-state index is 11.7. The van der Waals surface area contributed by atoms with Gasteiger partial charge in [-0.3, -0.25) is 4.79 Å². The molecule has 0 saturated carbocycles. The van der Waals surface area contributed by atoms with Crippen LogP contribution < -0.4 is 14.8 Å². The Hall–Kier alpha value is -2.24. The third kappa shape index (κ3) is 1.67. The molecule has 1 atom stereocenters. The van der Waals surface area contributed by atoms with Crippen LogP contribution in [0, 0.1) is 0 Å². The van der Waals surface area contributed by atoms with Gasteiger partial charge in [0.2, 0.25) is 12.6 Å². The van der Waals surface area contributed by atoms with Crippen LogP contribution in [0.1, 0.15) is 22.1 Å². The smallest absolute Gasteiger partial charge is 0.344 e. The van der Waals surface area contributed by atoms with E-state index in [-0.39, 0.29) is 5.56 Å². The number of rotatable bonds is 4. The van der Waals surface area contributed by atoms with Crippen LogP contribution in [0.3, 0.4) is 0 Å². The largest absolute Gasteiger partial charge is 0.493 e. The molecule has 0 saturated heterocycles. The standard InChI is InChI=1S/C11H11NO5/c1-15-7-4-3-6-8(9(7)16-2)11(14)17-10(6)12-5-13/h3-5,10H,1-2H3,(H,12,13). The van der Waals surface area contributed by atoms with E-state index < -0.39 is 12.2 Å². The predicted octanol–water partition coefficient (Wildman–Crippen LogP) is 0.619. The number of hydrogen-bond acceptors (Lipinski definition) is 5. The van der Waals surface area contributed by atoms with E-state index in [4.69, 9.17) is 14.2 Å². The summed E-state index contributed by atoms with van der Waals surface area (Å²) in [7, 11) is 2.91. The fourth-order valence-corrected chi connectivity index (χ4v) is 1.79. The van der Waals surface area contributed by atoms with Crippen LogP contribution >= 0.6 is 0 Å². The van der Waals surface area contributed by atoms with Crippen LogP contribution in [0.5, 0.6) is 11.5 Å². The molecule has 1 aromatic carbocycles. The molecule has 0 aromatic heterocycles. The second-order valence-corrected chi connectivity index (χ2v) is 3.34. The minimum absolute atomic E-state index is 0.284. The zero-order valence-electron chi connectivity index (χ0n) is 9.35. The second-order valence-electron chi connectivity index (χ2n) is 3.34. The van der Waals surface area contributed by atoms with Gasteiger partial charge in [-0.2, -0.15) is 0 Å². The number of cyclic esters (lactones) is 1. The number of amides is 1. The minimum Gasteiger partial charge on any atom is -0.493 e. The Bertz CT molecular complexity index is 471. The molecule has 2 rings (SSSR count). The molecule has 0 bridgehead atoms. The number of carbonyl (C=O) groups excluding carboxylic acids is 2. The molecule has 6 heteroatoms. The Morgan fingerprint density at radius 2 is 2.12 bits per heavy atom. The summed E-state index contributed by atoms with van der Waals surface area (Å²) in [5, 5.41) is 2.40. The number of fused-ring (bicyclic) bond motifs is 1. The van der Waals surface area contributed by atoms with E-state index in [1.165, 1.54) is 14.2 Å². The third-order valence-electron chi connectivity index (χ3n) is 2.51. The summed E-state index contributed by atoms with van der Waals surface area (Å²) in [6.07, 6.45) is -0.293. The van der Waals surface area contributed by atoms with E-state index in [0.29, 0.717) is 23.5 Å². The lowest BCUT2D eigenvalue weighted by atomic mass is 10.1. The highest BCUT2D eigenvalue weighted by atomic mass is 16.6. The Labute approximate surface area is 97.5 Å². The topological polar surface area (TPSA) is 73.9 Å². The molecule has 1 aliphatic rings. The second kappa shape index (κ2) is 4.32. The monoisotopic (exact) mass is 237 g/mol. The Morgan fingerprint density at radius 1 is 1.35 bits per heavy atom. The number of benzene rings is 1. The van der Waals surface area contributed by atoms with Crippen LogP contribution in [-0.2, 0) is 9.53 Å². The first-order valence-corrected chi connectivity index (χ1v) is 4.88. The lowest BCUT2D eigenvalue weighted by molar-refractivity contribution is -0.112. The highest BCUT2D eigenvalue weighted by Crippen LogP contribution is 2.40. The number of hydrogen-bond donors (Lipinski definition) is 1. The summed E-state index contributed by atoms with van der Waals surface area (Å²) in [4.78, 5) is 22.1. The van der Waals surface area contributed by atoms with Crippen LogP contribution in [0.15, 0.2) is 12.1 Å². The SMILES string of the molecule is COc1ccc2c(c1OC)C(=O)OC2NC=O. The van der Waals surface area contributed by atoms with Gasteiger partial charge in [-0.25, -0.2) is 4.79 Å².